The van der Waals surface area contributed by atoms with Crippen LogP contribution >= 0.6 is 0 Å². The van der Waals surface area contributed by atoms with Crippen molar-refractivity contribution in [3.05, 3.63) is 398 Å². The van der Waals surface area contributed by atoms with E-state index in [0.717, 1.165) is 199 Å². The topological polar surface area (TPSA) is 363 Å². The van der Waals surface area contributed by atoms with Crippen LogP contribution < -0.4 is 58.8 Å². The van der Waals surface area contributed by atoms with E-state index in [2.05, 4.69) is 139 Å². The van der Waals surface area contributed by atoms with Crippen LogP contribution in [0.3, 0.4) is 0 Å². The second-order valence-electron chi connectivity index (χ2n) is 35.8. The van der Waals surface area contributed by atoms with Crippen molar-refractivity contribution in [2.75, 3.05) is 113 Å². The molecule has 1 saturated heterocycles. The molecule has 2 aliphatic rings. The van der Waals surface area contributed by atoms with Gasteiger partial charge in [0.1, 0.15) is 0 Å². The van der Waals surface area contributed by atoms with Crippen LogP contribution in [0.4, 0.5) is 51.2 Å². The fourth-order valence-corrected chi connectivity index (χ4v) is 17.5. The van der Waals surface area contributed by atoms with Gasteiger partial charge in [0, 0.05) is 246 Å². The summed E-state index contributed by atoms with van der Waals surface area (Å²) in [7, 11) is 7.68. The Hall–Kier alpha value is -17.6. The Bertz CT molecular complexity index is 7850. The zero-order chi connectivity index (χ0) is 101. The van der Waals surface area contributed by atoms with Crippen LogP contribution in [0.2, 0.25) is 0 Å². The molecule has 20 rings (SSSR count). The van der Waals surface area contributed by atoms with Gasteiger partial charge < -0.3 is 76.5 Å². The number of nitrogens with zero attached hydrogens (tertiary/aromatic N) is 13. The number of rotatable bonds is 30. The minimum atomic E-state index is -0.158. The van der Waals surface area contributed by atoms with Crippen molar-refractivity contribution in [2.45, 2.75) is 66.7 Å². The number of likely N-dealkylation sites (N-methyl/N-ethyl adjacent to an activating group) is 2. The van der Waals surface area contributed by atoms with E-state index in [-0.39, 0.29) is 52.3 Å². The molecule has 0 aliphatic carbocycles. The highest BCUT2D eigenvalue weighted by Gasteiger charge is 2.26. The van der Waals surface area contributed by atoms with Gasteiger partial charge in [-0.15, -0.1) is 0 Å². The van der Waals surface area contributed by atoms with E-state index in [0.29, 0.717) is 49.5 Å². The molecule has 11 aromatic heterocycles. The first-order valence-electron chi connectivity index (χ1n) is 48.2. The number of aromatic nitrogens is 11. The average molecular weight is 1940 g/mol. The highest BCUT2D eigenvalue weighted by molar-refractivity contribution is 6.00. The van der Waals surface area contributed by atoms with Crippen LogP contribution in [0.5, 0.6) is 0 Å². The molecule has 0 radical (unpaired) electrons. The number of pyridine rings is 7. The number of fused-ring (bicyclic) bond motifs is 5. The Morgan fingerprint density at radius 2 is 0.890 bits per heavy atom. The average Bonchev–Trinajstić information content (AvgIpc) is 1.67. The molecule has 1 atom stereocenters. The van der Waals surface area contributed by atoms with Crippen molar-refractivity contribution in [3.8, 4) is 45.0 Å². The molecule has 7 aromatic carbocycles. The standard InChI is InChI=1S/C31H30N6O2.C30H34N6O2.C28H26N6O2.C24H25N5O3/c1-22-2-4-23(5-3-22)21-35-16-18-36(19-17-35)31(39)24-6-8-26(9-7-24)34-27-10-11-28(37-15-14-33-30(27)37)25-12-13-32-29(38)20-25;1-5-34(4)15-16-35(6-2)30(38)24-10-8-23(17-20(24)3)33-26-11-12-27(36-14-13-31-28(26)36)21-7-9-25-22(18-21)19-32-29(25)37;1-33(2)23-9-3-19(4-10-23)18-31-28(36)20-5-7-22(8-6-20)32-24-11-12-25(34-16-15-30-27(24)34)21-13-14-29-26(35)17-21;1-3-18(15-32-2)28-24(31)16-4-6-19(7-5-16)27-20-8-9-21(29-13-12-26-23(20)29)17-10-11-25-22(30)14-17/h2-15,20,34H,16-19,21H2,1H3,(H,32,38);7-14,17-18,33H,5-6,15-16,19H2,1-4H3,(H,32,37);3-17,32H,18H2,1-2H3,(H,29,35)(H,31,36);4-14,18,27H,3,15H2,1-2H3,(H,25,30)(H,28,31). The Balaban J connectivity index is 0.000000133. The summed E-state index contributed by atoms with van der Waals surface area (Å²) in [6.07, 6.45) is 20.2. The van der Waals surface area contributed by atoms with Crippen LogP contribution in [-0.2, 0) is 24.4 Å². The van der Waals surface area contributed by atoms with E-state index >= 15 is 0 Å². The third-order valence-corrected chi connectivity index (χ3v) is 25.7. The SMILES string of the molecule is CCC(COC)NC(=O)c1ccc(Nc2ccc(-c3cc[nH]c(=O)c3)n3ccnc23)cc1.CCN(C)CCN(CC)C(=O)c1ccc(Nc2ccc(-c3ccc4c(c3)CNC4=O)n3ccnc23)cc1C.CN(C)c1ccc(CNC(=O)c2ccc(Nc3ccc(-c4cc[nH]c(=O)c4)n4ccnc34)cc2)cc1.Cc1ccc(CN2CCN(C(=O)c3ccc(Nc4ccc(-c5cc[nH]c(=O)c5)n5ccnc45)cc3)CC2)cc1. The van der Waals surface area contributed by atoms with Crippen molar-refractivity contribution >= 4 is 103 Å². The summed E-state index contributed by atoms with van der Waals surface area (Å²) in [4.78, 5) is 135. The van der Waals surface area contributed by atoms with Crippen LogP contribution in [0, 0.1) is 13.8 Å². The van der Waals surface area contributed by atoms with Gasteiger partial charge in [-0.25, -0.2) is 19.9 Å². The highest BCUT2D eigenvalue weighted by Crippen LogP contribution is 2.35. The van der Waals surface area contributed by atoms with Gasteiger partial charge in [-0.2, -0.15) is 0 Å². The Morgan fingerprint density at radius 3 is 1.32 bits per heavy atom. The largest absolute Gasteiger partial charge is 0.383 e. The lowest BCUT2D eigenvalue weighted by Gasteiger charge is -2.34. The molecule has 1 unspecified atom stereocenters. The lowest BCUT2D eigenvalue weighted by atomic mass is 10.0. The Labute approximate surface area is 837 Å². The number of anilines is 9. The summed E-state index contributed by atoms with van der Waals surface area (Å²) in [5.41, 5.74) is 26.3. The van der Waals surface area contributed by atoms with Crippen LogP contribution in [-0.4, -0.2) is 195 Å². The summed E-state index contributed by atoms with van der Waals surface area (Å²) in [6, 6.07) is 76.7. The van der Waals surface area contributed by atoms with Gasteiger partial charge >= 0.3 is 0 Å². The number of methoxy groups -OCH3 is 1. The van der Waals surface area contributed by atoms with Crippen molar-refractivity contribution in [2.24, 2.45) is 0 Å². The number of amides is 5. The van der Waals surface area contributed by atoms with E-state index in [9.17, 15) is 38.4 Å². The normalized spacial score (nSPS) is 12.4. The molecule has 0 spiro atoms. The van der Waals surface area contributed by atoms with Crippen molar-refractivity contribution in [1.29, 1.82) is 0 Å². The molecule has 32 heteroatoms. The predicted octanol–water partition coefficient (Wildman–Crippen LogP) is 17.4. The van der Waals surface area contributed by atoms with E-state index in [1.807, 2.05) is 256 Å². The first-order valence-corrected chi connectivity index (χ1v) is 48.2. The van der Waals surface area contributed by atoms with E-state index in [1.165, 1.54) is 11.1 Å². The number of aromatic amines is 3. The molecule has 736 valence electrons. The molecule has 5 amide bonds. The fourth-order valence-electron chi connectivity index (χ4n) is 17.5. The quantitative estimate of drug-likeness (QED) is 0.0200. The minimum Gasteiger partial charge on any atom is -0.383 e. The maximum atomic E-state index is 13.2. The molecular weight excluding hydrogens is 1820 g/mol. The minimum absolute atomic E-state index is 0.0160. The van der Waals surface area contributed by atoms with Crippen molar-refractivity contribution in [3.63, 3.8) is 0 Å². The third-order valence-electron chi connectivity index (χ3n) is 25.7. The molecule has 1 fully saturated rings. The maximum absolute atomic E-state index is 13.2. The number of hydrogen-bond donors (Lipinski definition) is 10. The zero-order valence-electron chi connectivity index (χ0n) is 82.2. The molecule has 13 heterocycles. The number of carbonyl (C=O) groups is 5. The van der Waals surface area contributed by atoms with Gasteiger partial charge in [-0.3, -0.25) is 60.9 Å². The molecule has 32 nitrogen and oxygen atoms in total. The summed E-state index contributed by atoms with van der Waals surface area (Å²) in [5.74, 6) is -0.149. The van der Waals surface area contributed by atoms with Gasteiger partial charge in [0.2, 0.25) is 16.7 Å². The van der Waals surface area contributed by atoms with Crippen LogP contribution in [0.1, 0.15) is 107 Å². The highest BCUT2D eigenvalue weighted by atomic mass is 16.5. The van der Waals surface area contributed by atoms with Crippen LogP contribution in [0.15, 0.2) is 325 Å². The number of H-pyrrole nitrogens is 3. The maximum Gasteiger partial charge on any atom is 0.254 e. The first kappa shape index (κ1) is 99.0. The number of carbonyl (C=O) groups excluding carboxylic acids is 5. The third kappa shape index (κ3) is 23.8. The molecule has 18 aromatic rings. The van der Waals surface area contributed by atoms with E-state index in [1.54, 1.807) is 93.0 Å². The van der Waals surface area contributed by atoms with E-state index < -0.39 is 0 Å². The number of benzene rings is 7. The smallest absolute Gasteiger partial charge is 0.254 e. The number of aryl methyl sites for hydroxylation is 2. The molecule has 145 heavy (non-hydrogen) atoms. The van der Waals surface area contributed by atoms with Crippen LogP contribution in [0.25, 0.3) is 67.6 Å². The number of ether oxygens (including phenoxy) is 1. The molecular formula is C113H115N23O9. The number of nitrogens with one attached hydrogen (secondary N) is 10. The second-order valence-corrected chi connectivity index (χ2v) is 35.8. The van der Waals surface area contributed by atoms with Gasteiger partial charge in [0.15, 0.2) is 22.6 Å². The number of hydrogen-bond acceptors (Lipinski definition) is 20. The summed E-state index contributed by atoms with van der Waals surface area (Å²) < 4.78 is 13.0. The monoisotopic (exact) mass is 1940 g/mol. The van der Waals surface area contributed by atoms with Crippen molar-refractivity contribution < 1.29 is 28.7 Å². The Kier molecular flexibility index (Phi) is 31.2. The molecule has 0 bridgehead atoms. The second kappa shape index (κ2) is 45.8. The lowest BCUT2D eigenvalue weighted by molar-refractivity contribution is 0.0627. The molecule has 0 saturated carbocycles. The Morgan fingerprint density at radius 1 is 0.448 bits per heavy atom. The van der Waals surface area contributed by atoms with Gasteiger partial charge in [0.25, 0.3) is 29.5 Å². The van der Waals surface area contributed by atoms with Crippen molar-refractivity contribution in [1.82, 2.24) is 88.0 Å². The zero-order valence-corrected chi connectivity index (χ0v) is 82.2. The van der Waals surface area contributed by atoms with E-state index in [4.69, 9.17) is 4.74 Å². The predicted molar refractivity (Wildman–Crippen MR) is 572 cm³/mol. The van der Waals surface area contributed by atoms with Gasteiger partial charge in [0.05, 0.1) is 58.2 Å². The first-order chi connectivity index (χ1) is 70.5. The van der Waals surface area contributed by atoms with Gasteiger partial charge in [-0.1, -0.05) is 61.9 Å². The number of piperazine rings is 1. The van der Waals surface area contributed by atoms with Gasteiger partial charge in [-0.05, 0) is 251 Å². The molecule has 2 aliphatic heterocycles. The summed E-state index contributed by atoms with van der Waals surface area (Å²) >= 11 is 0. The fraction of sp³-hybridized carbons (Fsp3) is 0.204. The lowest BCUT2D eigenvalue weighted by Crippen LogP contribution is -2.48. The molecule has 10 N–H and O–H groups in total. The number of imidazole rings is 4. The summed E-state index contributed by atoms with van der Waals surface area (Å²) in [5, 5.41) is 22.5. The summed E-state index contributed by atoms with van der Waals surface area (Å²) in [6.45, 7) is 19.0.